The predicted molar refractivity (Wildman–Crippen MR) is 75.9 cm³/mol. The van der Waals surface area contributed by atoms with Crippen molar-refractivity contribution in [1.29, 1.82) is 0 Å². The second-order valence-electron chi connectivity index (χ2n) is 4.87. The fourth-order valence-corrected chi connectivity index (χ4v) is 2.83. The quantitative estimate of drug-likeness (QED) is 0.327. The normalized spacial score (nSPS) is 27.3. The Morgan fingerprint density at radius 1 is 1.33 bits per heavy atom. The van der Waals surface area contributed by atoms with Gasteiger partial charge < -0.3 is 35.0 Å². The van der Waals surface area contributed by atoms with Crippen LogP contribution in [0, 0.1) is 0 Å². The van der Waals surface area contributed by atoms with Crippen LogP contribution in [0.3, 0.4) is 0 Å². The monoisotopic (exact) mass is 556 g/mol. The average molecular weight is 556 g/mol. The zero-order valence-corrected chi connectivity index (χ0v) is 15.7. The third-order valence-electron chi connectivity index (χ3n) is 3.40. The first-order chi connectivity index (χ1) is 10.8. The fraction of sp³-hybridized carbons (Fsp3) is 0.500. The van der Waals surface area contributed by atoms with Gasteiger partial charge in [-0.15, -0.1) is 11.8 Å². The number of nitrogen functional groups attached to an aromatic ring is 1. The number of fused-ring (bicyclic) bond motifs is 1. The van der Waals surface area contributed by atoms with Gasteiger partial charge in [0, 0.05) is 0 Å². The number of rotatable bonds is 4. The van der Waals surface area contributed by atoms with Crippen molar-refractivity contribution in [2.24, 2.45) is 0 Å². The van der Waals surface area contributed by atoms with Crippen LogP contribution in [0.5, 0.6) is 0 Å². The van der Waals surface area contributed by atoms with E-state index in [1.54, 1.807) is 0 Å². The summed E-state index contributed by atoms with van der Waals surface area (Å²) in [5.74, 6) is 0.153. The molecule has 24 heavy (non-hydrogen) atoms. The number of hydrogen-bond donors (Lipinski definition) is 3. The molecule has 3 heterocycles. The number of imidazole rings is 1. The van der Waals surface area contributed by atoms with E-state index >= 15 is 0 Å². The minimum absolute atomic E-state index is 0. The minimum Gasteiger partial charge on any atom is -0.812 e. The van der Waals surface area contributed by atoms with Crippen LogP contribution in [0.1, 0.15) is 6.23 Å². The summed E-state index contributed by atoms with van der Waals surface area (Å²) in [5.41, 5.74) is 6.29. The van der Waals surface area contributed by atoms with E-state index in [0.29, 0.717) is 11.2 Å². The Morgan fingerprint density at radius 3 is 2.71 bits per heavy atom. The molecule has 0 radical (unpaired) electrons. The van der Waals surface area contributed by atoms with Crippen LogP contribution in [0.25, 0.3) is 11.2 Å². The van der Waals surface area contributed by atoms with Crippen molar-refractivity contribution in [3.8, 4) is 0 Å². The van der Waals surface area contributed by atoms with Crippen LogP contribution in [-0.2, 0) is 42.1 Å². The zero-order valence-electron chi connectivity index (χ0n) is 11.7. The molecule has 1 aliphatic heterocycles. The standard InChI is InChI=1S/C10H14N5O6PS.Pt/c11-8-5-9(13-2-12-8)15(3-14-5)10-7(17)6(16)4(21-10)1-20-22(18,19)23;/h2-4,6-7,10,16-17H,1H2,(H2,11,12,13)(H2,18,19,23);/q;+2/p-2/t4-,6-,7-,10-;/m1./s1. The molecule has 0 bridgehead atoms. The Hall–Kier alpha value is -0.552. The summed E-state index contributed by atoms with van der Waals surface area (Å²) in [6.07, 6.45) is -2.32. The largest absolute Gasteiger partial charge is 2.00 e. The van der Waals surface area contributed by atoms with E-state index in [0.717, 1.165) is 0 Å². The van der Waals surface area contributed by atoms with E-state index in [1.165, 1.54) is 17.2 Å². The van der Waals surface area contributed by atoms with Gasteiger partial charge in [0.25, 0.3) is 0 Å². The van der Waals surface area contributed by atoms with Gasteiger partial charge in [0.2, 0.25) is 0 Å². The van der Waals surface area contributed by atoms with E-state index < -0.39 is 37.9 Å². The number of ether oxygens (including phenoxy) is 1. The van der Waals surface area contributed by atoms with E-state index in [9.17, 15) is 20.0 Å². The summed E-state index contributed by atoms with van der Waals surface area (Å²) >= 11 is 4.11. The van der Waals surface area contributed by atoms with Crippen molar-refractivity contribution >= 4 is 35.5 Å². The van der Waals surface area contributed by atoms with Crippen LogP contribution in [0.4, 0.5) is 5.82 Å². The Kier molecular flexibility index (Phi) is 6.07. The third-order valence-corrected chi connectivity index (χ3v) is 4.18. The molecule has 1 saturated heterocycles. The first-order valence-corrected chi connectivity index (χ1v) is 8.95. The predicted octanol–water partition coefficient (Wildman–Crippen LogP) is -3.01. The maximum absolute atomic E-state index is 10.9. The van der Waals surface area contributed by atoms with Crippen molar-refractivity contribution < 1.29 is 50.3 Å². The second kappa shape index (κ2) is 7.36. The van der Waals surface area contributed by atoms with Gasteiger partial charge in [0.15, 0.2) is 17.7 Å². The van der Waals surface area contributed by atoms with Gasteiger partial charge in [-0.05, 0) is 0 Å². The summed E-state index contributed by atoms with van der Waals surface area (Å²) in [6.45, 7) is -4.90. The molecule has 2 aromatic heterocycles. The van der Waals surface area contributed by atoms with Gasteiger partial charge in [-0.3, -0.25) is 4.57 Å². The molecule has 0 unspecified atom stereocenters. The van der Waals surface area contributed by atoms with E-state index in [1.807, 2.05) is 0 Å². The molecule has 0 spiro atoms. The van der Waals surface area contributed by atoms with Gasteiger partial charge in [0.05, 0.1) is 12.9 Å². The maximum Gasteiger partial charge on any atom is 2.00 e. The van der Waals surface area contributed by atoms with Crippen molar-refractivity contribution in [2.45, 2.75) is 24.5 Å². The Bertz CT molecular complexity index is 773. The molecule has 0 amide bonds. The molecule has 14 heteroatoms. The Balaban J connectivity index is 0.00000208. The Morgan fingerprint density at radius 2 is 2.04 bits per heavy atom. The van der Waals surface area contributed by atoms with Gasteiger partial charge in [-0.1, -0.05) is 6.72 Å². The van der Waals surface area contributed by atoms with Crippen molar-refractivity contribution in [1.82, 2.24) is 19.5 Å². The molecular formula is C10H12N5O6PPtS. The molecule has 1 aliphatic rings. The number of aliphatic hydroxyl groups excluding tert-OH is 2. The molecule has 11 nitrogen and oxygen atoms in total. The molecule has 134 valence electrons. The molecule has 4 atom stereocenters. The third kappa shape index (κ3) is 3.82. The van der Waals surface area contributed by atoms with Crippen LogP contribution < -0.4 is 15.5 Å². The number of aliphatic hydroxyl groups is 2. The SMILES string of the molecule is Nc1ncnc2c1ncn2[C@@H]1O[C@H](COP([O-])([O-])=S)[C@@H](O)[C@H]1O.[Pt+2]. The second-order valence-corrected chi connectivity index (χ2v) is 7.37. The van der Waals surface area contributed by atoms with Crippen LogP contribution in [0.15, 0.2) is 12.7 Å². The molecule has 2 aromatic rings. The first kappa shape index (κ1) is 19.8. The average Bonchev–Trinajstić information content (AvgIpc) is 3.01. The number of nitrogens with zero attached hydrogens (tertiary/aromatic N) is 4. The summed E-state index contributed by atoms with van der Waals surface area (Å²) in [4.78, 5) is 33.6. The first-order valence-electron chi connectivity index (χ1n) is 6.39. The number of anilines is 1. The summed E-state index contributed by atoms with van der Waals surface area (Å²) < 4.78 is 11.3. The number of aromatic nitrogens is 4. The van der Waals surface area contributed by atoms with Gasteiger partial charge >= 0.3 is 21.1 Å². The summed E-state index contributed by atoms with van der Waals surface area (Å²) in [5, 5.41) is 20.1. The van der Waals surface area contributed by atoms with Gasteiger partial charge in [0.1, 0.15) is 30.2 Å². The van der Waals surface area contributed by atoms with E-state index in [-0.39, 0.29) is 26.9 Å². The maximum atomic E-state index is 10.9. The molecule has 0 aliphatic carbocycles. The topological polar surface area (TPSA) is 175 Å². The van der Waals surface area contributed by atoms with Crippen molar-refractivity contribution in [3.63, 3.8) is 0 Å². The molecule has 0 saturated carbocycles. The molecule has 4 N–H and O–H groups in total. The summed E-state index contributed by atoms with van der Waals surface area (Å²) in [6, 6.07) is 0. The molecule has 3 rings (SSSR count). The van der Waals surface area contributed by atoms with E-state index in [4.69, 9.17) is 10.5 Å². The molecule has 0 aromatic carbocycles. The van der Waals surface area contributed by atoms with Crippen LogP contribution in [0.2, 0.25) is 0 Å². The summed E-state index contributed by atoms with van der Waals surface area (Å²) in [7, 11) is 0. The number of nitrogens with two attached hydrogens (primary N) is 1. The fourth-order valence-electron chi connectivity index (χ4n) is 2.32. The van der Waals surface area contributed by atoms with Crippen LogP contribution >= 0.6 is 6.72 Å². The van der Waals surface area contributed by atoms with Crippen molar-refractivity contribution in [3.05, 3.63) is 12.7 Å². The van der Waals surface area contributed by atoms with Crippen LogP contribution in [-0.4, -0.2) is 54.7 Å². The van der Waals surface area contributed by atoms with Gasteiger partial charge in [-0.2, -0.15) is 0 Å². The molecule has 1 fully saturated rings. The van der Waals surface area contributed by atoms with Crippen molar-refractivity contribution in [2.75, 3.05) is 12.3 Å². The zero-order chi connectivity index (χ0) is 16.8. The van der Waals surface area contributed by atoms with Gasteiger partial charge in [-0.25, -0.2) is 15.0 Å². The smallest absolute Gasteiger partial charge is 0.812 e. The Labute approximate surface area is 155 Å². The minimum atomic E-state index is -4.39. The number of hydrogen-bond acceptors (Lipinski definition) is 11. The van der Waals surface area contributed by atoms with E-state index in [2.05, 4.69) is 31.3 Å². The molecular weight excluding hydrogens is 544 g/mol.